The first-order chi connectivity index (χ1) is 11.9. The fourth-order valence-electron chi connectivity index (χ4n) is 2.21. The van der Waals surface area contributed by atoms with Crippen LogP contribution >= 0.6 is 12.2 Å². The predicted octanol–water partition coefficient (Wildman–Crippen LogP) is -0.311. The van der Waals surface area contributed by atoms with E-state index in [0.29, 0.717) is 36.1 Å². The van der Waals surface area contributed by atoms with Crippen LogP contribution in [-0.4, -0.2) is 69.1 Å². The third-order valence-electron chi connectivity index (χ3n) is 3.38. The minimum absolute atomic E-state index is 0.112. The van der Waals surface area contributed by atoms with E-state index in [2.05, 4.69) is 15.6 Å². The number of nitrogens with zero attached hydrogens (tertiary/aromatic N) is 3. The highest BCUT2D eigenvalue weighted by atomic mass is 32.1. The Morgan fingerprint density at radius 2 is 2.20 bits per heavy atom. The van der Waals surface area contributed by atoms with Crippen molar-refractivity contribution in [1.29, 1.82) is 0 Å². The van der Waals surface area contributed by atoms with Crippen molar-refractivity contribution in [2.24, 2.45) is 0 Å². The molecule has 0 atom stereocenters. The van der Waals surface area contributed by atoms with Gasteiger partial charge in [0.15, 0.2) is 10.9 Å². The molecule has 1 aromatic rings. The molecule has 0 bridgehead atoms. The van der Waals surface area contributed by atoms with Crippen LogP contribution in [0.5, 0.6) is 0 Å². The maximum absolute atomic E-state index is 11.9. The van der Waals surface area contributed by atoms with Crippen molar-refractivity contribution in [3.63, 3.8) is 0 Å². The lowest BCUT2D eigenvalue weighted by molar-refractivity contribution is -0.141. The van der Waals surface area contributed by atoms with Crippen molar-refractivity contribution < 1.29 is 19.5 Å². The number of nitrogens with one attached hydrogen (secondary N) is 2. The van der Waals surface area contributed by atoms with Crippen LogP contribution in [-0.2, 0) is 9.59 Å². The second-order valence-corrected chi connectivity index (χ2v) is 5.66. The molecule has 0 unspecified atom stereocenters. The van der Waals surface area contributed by atoms with E-state index >= 15 is 0 Å². The second kappa shape index (κ2) is 8.24. The largest absolute Gasteiger partial charge is 0.480 e. The van der Waals surface area contributed by atoms with Gasteiger partial charge in [0.25, 0.3) is 5.91 Å². The lowest BCUT2D eigenvalue weighted by atomic mass is 10.4. The van der Waals surface area contributed by atoms with Gasteiger partial charge < -0.3 is 26.4 Å². The molecule has 0 radical (unpaired) electrons. The summed E-state index contributed by atoms with van der Waals surface area (Å²) in [5, 5.41) is 14.8. The van der Waals surface area contributed by atoms with Crippen LogP contribution in [0, 0.1) is 0 Å². The van der Waals surface area contributed by atoms with Gasteiger partial charge in [0.2, 0.25) is 0 Å². The van der Waals surface area contributed by atoms with E-state index in [1.54, 1.807) is 18.3 Å². The van der Waals surface area contributed by atoms with Gasteiger partial charge in [-0.15, -0.1) is 0 Å². The Morgan fingerprint density at radius 3 is 2.88 bits per heavy atom. The lowest BCUT2D eigenvalue weighted by Gasteiger charge is -2.16. The summed E-state index contributed by atoms with van der Waals surface area (Å²) < 4.78 is 0. The molecule has 1 aliphatic heterocycles. The Kier molecular flexibility index (Phi) is 6.06. The minimum Gasteiger partial charge on any atom is -0.480 e. The van der Waals surface area contributed by atoms with Crippen molar-refractivity contribution in [2.45, 2.75) is 6.42 Å². The molecule has 1 aliphatic rings. The Labute approximate surface area is 149 Å². The Morgan fingerprint density at radius 1 is 1.44 bits per heavy atom. The van der Waals surface area contributed by atoms with Crippen LogP contribution in [0.2, 0.25) is 0 Å². The van der Waals surface area contributed by atoms with E-state index in [1.165, 1.54) is 4.90 Å². The van der Waals surface area contributed by atoms with Crippen LogP contribution in [0.25, 0.3) is 0 Å². The molecule has 25 heavy (non-hydrogen) atoms. The van der Waals surface area contributed by atoms with Crippen molar-refractivity contribution in [3.8, 4) is 0 Å². The highest BCUT2D eigenvalue weighted by Crippen LogP contribution is 2.12. The number of carbonyl (C=O) groups is 3. The zero-order valence-corrected chi connectivity index (χ0v) is 14.1. The standard InChI is InChI=1S/C14H18N6O4S/c15-9-3-1-4-16-12(9)18-13(25)17-5-2-6-19-7-10(21)20(14(19)24)8-11(22)23/h1,3-4H,2,5-8,15H2,(H,22,23)(H2,16,17,18,25). The number of carbonyl (C=O) groups excluding carboxylic acids is 2. The number of anilines is 2. The molecule has 10 nitrogen and oxygen atoms in total. The van der Waals surface area contributed by atoms with E-state index in [4.69, 9.17) is 23.1 Å². The molecule has 2 heterocycles. The number of carboxylic acid groups (broad SMARTS) is 1. The van der Waals surface area contributed by atoms with Gasteiger partial charge in [-0.3, -0.25) is 14.5 Å². The summed E-state index contributed by atoms with van der Waals surface area (Å²) in [6.45, 7) is 0.0305. The van der Waals surface area contributed by atoms with Gasteiger partial charge in [-0.1, -0.05) is 0 Å². The zero-order valence-electron chi connectivity index (χ0n) is 13.3. The summed E-state index contributed by atoms with van der Waals surface area (Å²) in [7, 11) is 0. The first-order valence-corrected chi connectivity index (χ1v) is 7.85. The number of carboxylic acids is 1. The van der Waals surface area contributed by atoms with E-state index in [9.17, 15) is 14.4 Å². The van der Waals surface area contributed by atoms with Crippen LogP contribution < -0.4 is 16.4 Å². The lowest BCUT2D eigenvalue weighted by Crippen LogP contribution is -2.38. The molecular weight excluding hydrogens is 348 g/mol. The predicted molar refractivity (Wildman–Crippen MR) is 93.8 cm³/mol. The molecule has 3 amide bonds. The fourth-order valence-corrected chi connectivity index (χ4v) is 2.40. The van der Waals surface area contributed by atoms with Gasteiger partial charge >= 0.3 is 12.0 Å². The van der Waals surface area contributed by atoms with E-state index in [1.807, 2.05) is 0 Å². The summed E-state index contributed by atoms with van der Waals surface area (Å²) in [4.78, 5) is 40.3. The number of aromatic nitrogens is 1. The molecule has 1 aromatic heterocycles. The molecule has 11 heteroatoms. The molecular formula is C14H18N6O4S. The van der Waals surface area contributed by atoms with Crippen molar-refractivity contribution >= 4 is 46.7 Å². The zero-order chi connectivity index (χ0) is 18.4. The number of imide groups is 1. The number of aliphatic carboxylic acids is 1. The molecule has 0 spiro atoms. The van der Waals surface area contributed by atoms with E-state index in [0.717, 1.165) is 4.90 Å². The molecule has 0 aliphatic carbocycles. The van der Waals surface area contributed by atoms with Crippen LogP contribution in [0.15, 0.2) is 18.3 Å². The SMILES string of the molecule is Nc1cccnc1NC(=S)NCCCN1CC(=O)N(CC(=O)O)C1=O. The van der Waals surface area contributed by atoms with Gasteiger partial charge in [-0.05, 0) is 30.8 Å². The normalized spacial score (nSPS) is 13.9. The highest BCUT2D eigenvalue weighted by Gasteiger charge is 2.36. The van der Waals surface area contributed by atoms with Gasteiger partial charge in [0.1, 0.15) is 13.1 Å². The quantitative estimate of drug-likeness (QED) is 0.290. The Balaban J connectivity index is 1.72. The van der Waals surface area contributed by atoms with E-state index in [-0.39, 0.29) is 6.54 Å². The summed E-state index contributed by atoms with van der Waals surface area (Å²) in [5.41, 5.74) is 6.21. The third kappa shape index (κ3) is 5.01. The minimum atomic E-state index is -1.23. The summed E-state index contributed by atoms with van der Waals surface area (Å²) in [6, 6.07) is 2.81. The van der Waals surface area contributed by atoms with Gasteiger partial charge in [0.05, 0.1) is 5.69 Å². The number of pyridine rings is 1. The van der Waals surface area contributed by atoms with Gasteiger partial charge in [-0.2, -0.15) is 0 Å². The molecule has 5 N–H and O–H groups in total. The average molecular weight is 366 g/mol. The fraction of sp³-hybridized carbons (Fsp3) is 0.357. The molecule has 0 aromatic carbocycles. The second-order valence-electron chi connectivity index (χ2n) is 5.25. The van der Waals surface area contributed by atoms with Crippen molar-refractivity contribution in [1.82, 2.24) is 20.1 Å². The number of nitrogens with two attached hydrogens (primary N) is 1. The molecule has 1 fully saturated rings. The number of urea groups is 1. The smallest absolute Gasteiger partial charge is 0.327 e. The van der Waals surface area contributed by atoms with E-state index < -0.39 is 24.5 Å². The Bertz CT molecular complexity index is 698. The monoisotopic (exact) mass is 366 g/mol. The first-order valence-electron chi connectivity index (χ1n) is 7.45. The summed E-state index contributed by atoms with van der Waals surface area (Å²) >= 11 is 5.13. The average Bonchev–Trinajstić information content (AvgIpc) is 2.81. The maximum Gasteiger partial charge on any atom is 0.327 e. The topological polar surface area (TPSA) is 141 Å². The van der Waals surface area contributed by atoms with Crippen molar-refractivity contribution in [2.75, 3.05) is 37.2 Å². The van der Waals surface area contributed by atoms with Crippen molar-refractivity contribution in [3.05, 3.63) is 18.3 Å². The molecule has 0 saturated carbocycles. The molecule has 1 saturated heterocycles. The number of hydrogen-bond donors (Lipinski definition) is 4. The maximum atomic E-state index is 11.9. The van der Waals surface area contributed by atoms with Gasteiger partial charge in [-0.25, -0.2) is 9.78 Å². The van der Waals surface area contributed by atoms with Crippen LogP contribution in [0.3, 0.4) is 0 Å². The van der Waals surface area contributed by atoms with Crippen LogP contribution in [0.1, 0.15) is 6.42 Å². The number of rotatable bonds is 7. The molecule has 134 valence electrons. The first kappa shape index (κ1) is 18.4. The number of thiocarbonyl (C=S) groups is 1. The summed E-state index contributed by atoms with van der Waals surface area (Å²) in [5.74, 6) is -1.29. The summed E-state index contributed by atoms with van der Waals surface area (Å²) in [6.07, 6.45) is 2.11. The molecule has 2 rings (SSSR count). The highest BCUT2D eigenvalue weighted by molar-refractivity contribution is 7.80. The Hall–Kier alpha value is -2.95. The van der Waals surface area contributed by atoms with Crippen LogP contribution in [0.4, 0.5) is 16.3 Å². The number of nitrogen functional groups attached to an aromatic ring is 1. The number of amides is 3. The van der Waals surface area contributed by atoms with Gasteiger partial charge in [0, 0.05) is 19.3 Å². The third-order valence-corrected chi connectivity index (χ3v) is 3.63. The number of hydrogen-bond acceptors (Lipinski definition) is 6.